The molecule has 0 aliphatic carbocycles. The van der Waals surface area contributed by atoms with E-state index in [1.807, 2.05) is 0 Å². The number of halogens is 3. The van der Waals surface area contributed by atoms with E-state index in [9.17, 15) is 13.2 Å². The molecule has 0 atom stereocenters. The molecule has 0 aromatic carbocycles. The van der Waals surface area contributed by atoms with Crippen molar-refractivity contribution in [3.05, 3.63) is 18.6 Å². The zero-order chi connectivity index (χ0) is 11.1. The zero-order valence-electron chi connectivity index (χ0n) is 7.62. The number of nitrogens with zero attached hydrogens (tertiary/aromatic N) is 3. The molecule has 0 aliphatic rings. The van der Waals surface area contributed by atoms with Gasteiger partial charge in [0.15, 0.2) is 0 Å². The summed E-state index contributed by atoms with van der Waals surface area (Å²) in [6.45, 7) is 0. The van der Waals surface area contributed by atoms with E-state index in [-0.39, 0.29) is 16.8 Å². The Kier molecular flexibility index (Phi) is 2.34. The second-order valence-corrected chi connectivity index (χ2v) is 4.00. The van der Waals surface area contributed by atoms with Gasteiger partial charge in [0.2, 0.25) is 0 Å². The lowest BCUT2D eigenvalue weighted by atomic mass is 10.4. The normalized spacial score (nSPS) is 12.3. The number of fused-ring (bicyclic) bond motifs is 1. The lowest BCUT2D eigenvalue weighted by molar-refractivity contribution is -0.0329. The summed E-state index contributed by atoms with van der Waals surface area (Å²) in [5.74, 6) is 0. The van der Waals surface area contributed by atoms with Gasteiger partial charge >= 0.3 is 5.51 Å². The highest BCUT2D eigenvalue weighted by atomic mass is 32.2. The monoisotopic (exact) mass is 233 g/mol. The van der Waals surface area contributed by atoms with E-state index < -0.39 is 5.51 Å². The summed E-state index contributed by atoms with van der Waals surface area (Å²) >= 11 is -0.236. The van der Waals surface area contributed by atoms with Crippen molar-refractivity contribution in [3.8, 4) is 0 Å². The topological polar surface area (TPSA) is 30.7 Å². The average Bonchev–Trinajstić information content (AvgIpc) is 2.45. The Morgan fingerprint density at radius 2 is 2.07 bits per heavy atom. The third-order valence-corrected chi connectivity index (χ3v) is 2.47. The SMILES string of the molecule is Cn1cnc2cc(SC(F)(F)F)ncc21. The van der Waals surface area contributed by atoms with Gasteiger partial charge in [-0.3, -0.25) is 0 Å². The highest BCUT2D eigenvalue weighted by molar-refractivity contribution is 8.00. The van der Waals surface area contributed by atoms with Crippen molar-refractivity contribution >= 4 is 22.8 Å². The van der Waals surface area contributed by atoms with Crippen molar-refractivity contribution in [1.82, 2.24) is 14.5 Å². The van der Waals surface area contributed by atoms with E-state index in [4.69, 9.17) is 0 Å². The highest BCUT2D eigenvalue weighted by Gasteiger charge is 2.30. The first kappa shape index (κ1) is 10.3. The number of hydrogen-bond acceptors (Lipinski definition) is 3. The van der Waals surface area contributed by atoms with Gasteiger partial charge in [0.25, 0.3) is 0 Å². The van der Waals surface area contributed by atoms with Crippen LogP contribution < -0.4 is 0 Å². The molecule has 80 valence electrons. The van der Waals surface area contributed by atoms with Gasteiger partial charge in [-0.2, -0.15) is 13.2 Å². The molecule has 0 spiro atoms. The molecular weight excluding hydrogens is 227 g/mol. The van der Waals surface area contributed by atoms with Gasteiger partial charge in [-0.15, -0.1) is 0 Å². The second kappa shape index (κ2) is 3.41. The molecule has 0 unspecified atom stereocenters. The number of aryl methyl sites for hydroxylation is 1. The van der Waals surface area contributed by atoms with Crippen LogP contribution in [0.5, 0.6) is 0 Å². The van der Waals surface area contributed by atoms with Gasteiger partial charge in [0, 0.05) is 18.8 Å². The molecule has 0 N–H and O–H groups in total. The van der Waals surface area contributed by atoms with Crippen LogP contribution in [0.2, 0.25) is 0 Å². The number of aromatic nitrogens is 3. The van der Waals surface area contributed by atoms with Gasteiger partial charge in [0.05, 0.1) is 23.6 Å². The summed E-state index contributed by atoms with van der Waals surface area (Å²) in [7, 11) is 1.76. The number of pyridine rings is 1. The third kappa shape index (κ3) is 2.23. The largest absolute Gasteiger partial charge is 0.447 e. The second-order valence-electron chi connectivity index (χ2n) is 2.91. The first-order valence-electron chi connectivity index (χ1n) is 3.98. The molecule has 2 heterocycles. The molecule has 0 saturated carbocycles. The van der Waals surface area contributed by atoms with Crippen LogP contribution in [0.25, 0.3) is 11.0 Å². The van der Waals surface area contributed by atoms with Crippen LogP contribution in [0.4, 0.5) is 13.2 Å². The van der Waals surface area contributed by atoms with Crippen molar-refractivity contribution in [3.63, 3.8) is 0 Å². The fourth-order valence-corrected chi connectivity index (χ4v) is 1.69. The molecule has 3 nitrogen and oxygen atoms in total. The molecule has 0 radical (unpaired) electrons. The molecular formula is C8H6F3N3S. The van der Waals surface area contributed by atoms with Crippen molar-refractivity contribution < 1.29 is 13.2 Å². The lowest BCUT2D eigenvalue weighted by Gasteiger charge is -2.03. The Balaban J connectivity index is 2.39. The van der Waals surface area contributed by atoms with Crippen LogP contribution in [0.3, 0.4) is 0 Å². The van der Waals surface area contributed by atoms with Crippen LogP contribution in [-0.2, 0) is 7.05 Å². The van der Waals surface area contributed by atoms with Gasteiger partial charge in [-0.1, -0.05) is 0 Å². The Morgan fingerprint density at radius 3 is 2.73 bits per heavy atom. The predicted octanol–water partition coefficient (Wildman–Crippen LogP) is 2.58. The van der Waals surface area contributed by atoms with Crippen LogP contribution in [0.15, 0.2) is 23.6 Å². The Labute approximate surface area is 87.3 Å². The number of thioether (sulfide) groups is 1. The molecule has 2 rings (SSSR count). The summed E-state index contributed by atoms with van der Waals surface area (Å²) < 4.78 is 37.8. The summed E-state index contributed by atoms with van der Waals surface area (Å²) in [5, 5.41) is -0.0892. The molecule has 0 bridgehead atoms. The van der Waals surface area contributed by atoms with Crippen LogP contribution in [0, 0.1) is 0 Å². The first-order chi connectivity index (χ1) is 6.96. The van der Waals surface area contributed by atoms with Gasteiger partial charge in [-0.25, -0.2) is 9.97 Å². The molecule has 7 heteroatoms. The molecule has 0 amide bonds. The summed E-state index contributed by atoms with van der Waals surface area (Å²) in [6.07, 6.45) is 2.92. The quantitative estimate of drug-likeness (QED) is 0.709. The zero-order valence-corrected chi connectivity index (χ0v) is 8.43. The molecule has 15 heavy (non-hydrogen) atoms. The minimum atomic E-state index is -4.31. The van der Waals surface area contributed by atoms with Gasteiger partial charge < -0.3 is 4.57 Å². The summed E-state index contributed by atoms with van der Waals surface area (Å²) in [5.41, 5.74) is -3.09. The van der Waals surface area contributed by atoms with E-state index in [0.717, 1.165) is 0 Å². The van der Waals surface area contributed by atoms with Crippen molar-refractivity contribution in [2.24, 2.45) is 7.05 Å². The average molecular weight is 233 g/mol. The van der Waals surface area contributed by atoms with Gasteiger partial charge in [-0.05, 0) is 6.07 Å². The Morgan fingerprint density at radius 1 is 1.33 bits per heavy atom. The van der Waals surface area contributed by atoms with Crippen molar-refractivity contribution in [2.75, 3.05) is 0 Å². The van der Waals surface area contributed by atoms with E-state index in [2.05, 4.69) is 9.97 Å². The molecule has 2 aromatic heterocycles. The van der Waals surface area contributed by atoms with Crippen molar-refractivity contribution in [2.45, 2.75) is 10.5 Å². The number of imidazole rings is 1. The molecule has 0 aliphatic heterocycles. The fraction of sp³-hybridized carbons (Fsp3) is 0.250. The minimum absolute atomic E-state index is 0.0892. The summed E-state index contributed by atoms with van der Waals surface area (Å²) in [6, 6.07) is 1.33. The smallest absolute Gasteiger partial charge is 0.332 e. The lowest BCUT2D eigenvalue weighted by Crippen LogP contribution is -2.00. The maximum absolute atomic E-state index is 12.0. The van der Waals surface area contributed by atoms with E-state index >= 15 is 0 Å². The summed E-state index contributed by atoms with van der Waals surface area (Å²) in [4.78, 5) is 7.66. The van der Waals surface area contributed by atoms with E-state index in [1.165, 1.54) is 18.6 Å². The minimum Gasteiger partial charge on any atom is -0.332 e. The Bertz CT molecular complexity index is 491. The predicted molar refractivity (Wildman–Crippen MR) is 50.4 cm³/mol. The number of rotatable bonds is 1. The number of hydrogen-bond donors (Lipinski definition) is 0. The maximum atomic E-state index is 12.0. The van der Waals surface area contributed by atoms with Crippen LogP contribution in [0.1, 0.15) is 0 Å². The van der Waals surface area contributed by atoms with Crippen LogP contribution in [-0.4, -0.2) is 20.0 Å². The van der Waals surface area contributed by atoms with Crippen LogP contribution >= 0.6 is 11.8 Å². The molecule has 0 fully saturated rings. The standard InChI is InChI=1S/C8H6F3N3S/c1-14-4-13-5-2-7(12-3-6(5)14)15-8(9,10)11/h2-4H,1H3. The number of alkyl halides is 3. The molecule has 0 saturated heterocycles. The van der Waals surface area contributed by atoms with E-state index in [1.54, 1.807) is 11.6 Å². The maximum Gasteiger partial charge on any atom is 0.447 e. The molecule has 2 aromatic rings. The van der Waals surface area contributed by atoms with Crippen molar-refractivity contribution in [1.29, 1.82) is 0 Å². The highest BCUT2D eigenvalue weighted by Crippen LogP contribution is 2.36. The Hall–Kier alpha value is -1.24. The first-order valence-corrected chi connectivity index (χ1v) is 4.80. The van der Waals surface area contributed by atoms with Gasteiger partial charge in [0.1, 0.15) is 5.03 Å². The van der Waals surface area contributed by atoms with E-state index in [0.29, 0.717) is 11.0 Å². The third-order valence-electron chi connectivity index (χ3n) is 1.81. The fourth-order valence-electron chi connectivity index (χ4n) is 1.18.